The maximum absolute atomic E-state index is 14.2. The first kappa shape index (κ1) is 22.3. The predicted molar refractivity (Wildman–Crippen MR) is 120 cm³/mol. The number of nitrogens with two attached hydrogens (primary N) is 1. The number of ether oxygens (including phenoxy) is 2. The van der Waals surface area contributed by atoms with E-state index in [9.17, 15) is 9.18 Å². The summed E-state index contributed by atoms with van der Waals surface area (Å²) in [5, 5.41) is 4.86. The number of amides is 1. The standard InChI is InChI=1S/C24H31FN4O3/c1-14-11-17(12-15(2)19(14)25)29-21(26)18-16(3)28(22(30)32-23(4,5)6)13-24(20(18)27-29)9-7-8-10-31-24/h7-8,11-12,16H,9-10,13,26H2,1-6H3/t16-,24?/m0/s1. The van der Waals surface area contributed by atoms with Gasteiger partial charge >= 0.3 is 6.09 Å². The average molecular weight is 443 g/mol. The van der Waals surface area contributed by atoms with Crippen LogP contribution in [0.2, 0.25) is 0 Å². The zero-order valence-electron chi connectivity index (χ0n) is 19.5. The van der Waals surface area contributed by atoms with Gasteiger partial charge in [-0.05, 0) is 64.8 Å². The van der Waals surface area contributed by atoms with Crippen LogP contribution in [0.4, 0.5) is 15.0 Å². The Kier molecular flexibility index (Phi) is 5.32. The molecule has 32 heavy (non-hydrogen) atoms. The highest BCUT2D eigenvalue weighted by Crippen LogP contribution is 2.46. The number of fused-ring (bicyclic) bond motifs is 2. The van der Waals surface area contributed by atoms with Crippen LogP contribution in [0, 0.1) is 19.7 Å². The van der Waals surface area contributed by atoms with Crippen molar-refractivity contribution in [3.8, 4) is 5.69 Å². The molecule has 3 heterocycles. The van der Waals surface area contributed by atoms with E-state index in [4.69, 9.17) is 20.3 Å². The summed E-state index contributed by atoms with van der Waals surface area (Å²) in [6.45, 7) is 11.6. The number of hydrogen-bond acceptors (Lipinski definition) is 5. The zero-order chi connectivity index (χ0) is 23.4. The van der Waals surface area contributed by atoms with Crippen LogP contribution >= 0.6 is 0 Å². The fourth-order valence-corrected chi connectivity index (χ4v) is 4.50. The van der Waals surface area contributed by atoms with Crippen LogP contribution in [0.15, 0.2) is 24.3 Å². The summed E-state index contributed by atoms with van der Waals surface area (Å²) >= 11 is 0. The molecule has 0 radical (unpaired) electrons. The van der Waals surface area contributed by atoms with Gasteiger partial charge in [0.25, 0.3) is 0 Å². The van der Waals surface area contributed by atoms with E-state index in [2.05, 4.69) is 0 Å². The monoisotopic (exact) mass is 442 g/mol. The number of nitrogens with zero attached hydrogens (tertiary/aromatic N) is 3. The fourth-order valence-electron chi connectivity index (χ4n) is 4.50. The molecule has 0 bridgehead atoms. The van der Waals surface area contributed by atoms with E-state index in [0.29, 0.717) is 47.9 Å². The predicted octanol–water partition coefficient (Wildman–Crippen LogP) is 4.69. The second-order valence-electron chi connectivity index (χ2n) is 9.72. The molecule has 2 aliphatic rings. The third-order valence-electron chi connectivity index (χ3n) is 6.07. The Labute approximate surface area is 188 Å². The number of rotatable bonds is 1. The van der Waals surface area contributed by atoms with Gasteiger partial charge in [0.05, 0.1) is 24.9 Å². The first-order valence-corrected chi connectivity index (χ1v) is 10.9. The van der Waals surface area contributed by atoms with Crippen LogP contribution < -0.4 is 5.73 Å². The highest BCUT2D eigenvalue weighted by Gasteiger charge is 2.49. The Hall–Kier alpha value is -2.87. The Bertz CT molecular complexity index is 1080. The molecule has 8 heteroatoms. The van der Waals surface area contributed by atoms with Crippen molar-refractivity contribution < 1.29 is 18.7 Å². The smallest absolute Gasteiger partial charge is 0.410 e. The van der Waals surface area contributed by atoms with Gasteiger partial charge in [0.2, 0.25) is 0 Å². The minimum Gasteiger partial charge on any atom is -0.444 e. The summed E-state index contributed by atoms with van der Waals surface area (Å²) < 4.78 is 27.8. The van der Waals surface area contributed by atoms with Crippen molar-refractivity contribution in [3.05, 3.63) is 52.5 Å². The van der Waals surface area contributed by atoms with E-state index in [0.717, 1.165) is 5.56 Å². The van der Waals surface area contributed by atoms with Gasteiger partial charge in [0.1, 0.15) is 28.5 Å². The molecular formula is C24H31FN4O3. The molecule has 0 saturated heterocycles. The molecule has 2 atom stereocenters. The maximum atomic E-state index is 14.2. The lowest BCUT2D eigenvalue weighted by Gasteiger charge is -2.45. The average Bonchev–Trinajstić information content (AvgIpc) is 3.06. The number of hydrogen-bond donors (Lipinski definition) is 1. The van der Waals surface area contributed by atoms with Crippen molar-refractivity contribution in [2.24, 2.45) is 0 Å². The molecular weight excluding hydrogens is 411 g/mol. The van der Waals surface area contributed by atoms with Gasteiger partial charge in [0.15, 0.2) is 0 Å². The van der Waals surface area contributed by atoms with E-state index >= 15 is 0 Å². The number of nitrogen functional groups attached to an aromatic ring is 1. The van der Waals surface area contributed by atoms with Crippen LogP contribution in [-0.4, -0.2) is 39.5 Å². The Morgan fingerprint density at radius 1 is 1.28 bits per heavy atom. The summed E-state index contributed by atoms with van der Waals surface area (Å²) in [7, 11) is 0. The molecule has 1 aromatic carbocycles. The third-order valence-corrected chi connectivity index (χ3v) is 6.07. The molecule has 1 unspecified atom stereocenters. The number of carbonyl (C=O) groups excluding carboxylic acids is 1. The maximum Gasteiger partial charge on any atom is 0.410 e. The molecule has 2 aromatic rings. The Balaban J connectivity index is 1.86. The highest BCUT2D eigenvalue weighted by atomic mass is 19.1. The number of anilines is 1. The minimum atomic E-state index is -0.822. The van der Waals surface area contributed by atoms with E-state index in [1.165, 1.54) is 0 Å². The topological polar surface area (TPSA) is 82.6 Å². The van der Waals surface area contributed by atoms with Crippen LogP contribution in [0.5, 0.6) is 0 Å². The second-order valence-corrected chi connectivity index (χ2v) is 9.72. The van der Waals surface area contributed by atoms with Crippen molar-refractivity contribution in [1.82, 2.24) is 14.7 Å². The van der Waals surface area contributed by atoms with Crippen molar-refractivity contribution in [3.63, 3.8) is 0 Å². The normalized spacial score (nSPS) is 22.8. The molecule has 1 amide bonds. The third kappa shape index (κ3) is 3.66. The van der Waals surface area contributed by atoms with E-state index in [1.54, 1.807) is 35.6 Å². The summed E-state index contributed by atoms with van der Waals surface area (Å²) in [5.74, 6) is 0.162. The van der Waals surface area contributed by atoms with Crippen molar-refractivity contribution >= 4 is 11.9 Å². The van der Waals surface area contributed by atoms with Gasteiger partial charge in [0, 0.05) is 12.0 Å². The summed E-state index contributed by atoms with van der Waals surface area (Å²) in [4.78, 5) is 14.8. The molecule has 0 aliphatic carbocycles. The van der Waals surface area contributed by atoms with Gasteiger partial charge in [-0.15, -0.1) is 0 Å². The number of aromatic nitrogens is 2. The lowest BCUT2D eigenvalue weighted by Crippen LogP contribution is -2.52. The SMILES string of the molecule is Cc1cc(-n2nc3c(c2N)[C@H](C)N(C(=O)OC(C)(C)C)CC32CC=CCO2)cc(C)c1F. The van der Waals surface area contributed by atoms with E-state index in [1.807, 2.05) is 39.8 Å². The lowest BCUT2D eigenvalue weighted by atomic mass is 9.84. The van der Waals surface area contributed by atoms with Crippen LogP contribution in [-0.2, 0) is 15.1 Å². The molecule has 172 valence electrons. The molecule has 2 aliphatic heterocycles. The number of halogens is 1. The van der Waals surface area contributed by atoms with Crippen LogP contribution in [0.1, 0.15) is 62.5 Å². The van der Waals surface area contributed by atoms with Gasteiger partial charge in [-0.25, -0.2) is 13.9 Å². The van der Waals surface area contributed by atoms with Gasteiger partial charge in [-0.3, -0.25) is 4.90 Å². The highest BCUT2D eigenvalue weighted by molar-refractivity contribution is 5.71. The molecule has 0 saturated carbocycles. The van der Waals surface area contributed by atoms with Crippen molar-refractivity contribution in [1.29, 1.82) is 0 Å². The van der Waals surface area contributed by atoms with Gasteiger partial charge in [-0.1, -0.05) is 12.2 Å². The Morgan fingerprint density at radius 2 is 1.94 bits per heavy atom. The minimum absolute atomic E-state index is 0.245. The van der Waals surface area contributed by atoms with Gasteiger partial charge in [-0.2, -0.15) is 5.10 Å². The number of benzene rings is 1. The van der Waals surface area contributed by atoms with Crippen molar-refractivity contribution in [2.75, 3.05) is 18.9 Å². The quantitative estimate of drug-likeness (QED) is 0.648. The number of aryl methyl sites for hydroxylation is 2. The first-order valence-electron chi connectivity index (χ1n) is 10.9. The summed E-state index contributed by atoms with van der Waals surface area (Å²) in [6, 6.07) is 3.08. The number of carbonyl (C=O) groups is 1. The molecule has 1 aromatic heterocycles. The van der Waals surface area contributed by atoms with Crippen molar-refractivity contribution in [2.45, 2.75) is 65.2 Å². The van der Waals surface area contributed by atoms with Crippen LogP contribution in [0.25, 0.3) is 5.69 Å². The molecule has 4 rings (SSSR count). The lowest BCUT2D eigenvalue weighted by molar-refractivity contribution is -0.0863. The molecule has 7 nitrogen and oxygen atoms in total. The first-order chi connectivity index (χ1) is 14.9. The summed E-state index contributed by atoms with van der Waals surface area (Å²) in [6.07, 6.45) is 4.13. The second kappa shape index (κ2) is 7.62. The molecule has 1 spiro atoms. The van der Waals surface area contributed by atoms with Crippen LogP contribution in [0.3, 0.4) is 0 Å². The van der Waals surface area contributed by atoms with E-state index < -0.39 is 17.3 Å². The molecule has 2 N–H and O–H groups in total. The van der Waals surface area contributed by atoms with E-state index in [-0.39, 0.29) is 11.9 Å². The zero-order valence-corrected chi connectivity index (χ0v) is 19.5. The molecule has 0 fully saturated rings. The Morgan fingerprint density at radius 3 is 2.50 bits per heavy atom. The summed E-state index contributed by atoms with van der Waals surface area (Å²) in [5.41, 5.74) is 8.32. The largest absolute Gasteiger partial charge is 0.444 e. The van der Waals surface area contributed by atoms with Gasteiger partial charge < -0.3 is 15.2 Å². The fraction of sp³-hybridized carbons (Fsp3) is 0.500.